The van der Waals surface area contributed by atoms with Crippen LogP contribution in [0.25, 0.3) is 0 Å². The molecule has 0 saturated carbocycles. The van der Waals surface area contributed by atoms with E-state index in [1.165, 1.54) is 17.5 Å². The van der Waals surface area contributed by atoms with E-state index < -0.39 is 0 Å². The van der Waals surface area contributed by atoms with E-state index in [1.54, 1.807) is 0 Å². The molecule has 2 unspecified atom stereocenters. The molecule has 2 atom stereocenters. The van der Waals surface area contributed by atoms with Crippen molar-refractivity contribution in [3.05, 3.63) is 35.4 Å². The first-order valence-corrected chi connectivity index (χ1v) is 8.01. The van der Waals surface area contributed by atoms with Crippen LogP contribution in [-0.4, -0.2) is 25.0 Å². The van der Waals surface area contributed by atoms with Gasteiger partial charge in [0.1, 0.15) is 0 Å². The zero-order valence-corrected chi connectivity index (χ0v) is 12.7. The van der Waals surface area contributed by atoms with E-state index in [-0.39, 0.29) is 17.4 Å². The number of hydrazine groups is 1. The van der Waals surface area contributed by atoms with Gasteiger partial charge < -0.3 is 5.32 Å². The lowest BCUT2D eigenvalue weighted by molar-refractivity contribution is -0.121. The number of amides is 1. The predicted octanol–water partition coefficient (Wildman–Crippen LogP) is 1.65. The van der Waals surface area contributed by atoms with Gasteiger partial charge in [-0.15, -0.1) is 0 Å². The topological polar surface area (TPSA) is 53.2 Å². The Balaban J connectivity index is 1.60. The van der Waals surface area contributed by atoms with Gasteiger partial charge in [-0.25, -0.2) is 0 Å². The fourth-order valence-electron chi connectivity index (χ4n) is 3.59. The van der Waals surface area contributed by atoms with Crippen molar-refractivity contribution in [2.75, 3.05) is 13.1 Å². The molecule has 21 heavy (non-hydrogen) atoms. The van der Waals surface area contributed by atoms with E-state index in [1.807, 2.05) is 0 Å². The molecule has 1 amide bonds. The van der Waals surface area contributed by atoms with E-state index >= 15 is 0 Å². The quantitative estimate of drug-likeness (QED) is 0.789. The average Bonchev–Trinajstić information content (AvgIpc) is 2.99. The molecule has 2 aliphatic rings. The SMILES string of the molecule is CC1(CNC(=O)CC2CCNN2)CCCc2ccccc21. The van der Waals surface area contributed by atoms with E-state index in [9.17, 15) is 4.79 Å². The van der Waals surface area contributed by atoms with Crippen LogP contribution in [0.5, 0.6) is 0 Å². The molecule has 0 spiro atoms. The Morgan fingerprint density at radius 2 is 2.29 bits per heavy atom. The second-order valence-corrected chi connectivity index (χ2v) is 6.61. The monoisotopic (exact) mass is 287 g/mol. The van der Waals surface area contributed by atoms with Crippen LogP contribution >= 0.6 is 0 Å². The maximum Gasteiger partial charge on any atom is 0.221 e. The molecule has 1 saturated heterocycles. The minimum atomic E-state index is 0.0753. The number of rotatable bonds is 4. The fraction of sp³-hybridized carbons (Fsp3) is 0.588. The molecule has 4 heteroatoms. The summed E-state index contributed by atoms with van der Waals surface area (Å²) in [6, 6.07) is 8.95. The summed E-state index contributed by atoms with van der Waals surface area (Å²) in [6.45, 7) is 3.96. The molecule has 114 valence electrons. The number of fused-ring (bicyclic) bond motifs is 1. The second-order valence-electron chi connectivity index (χ2n) is 6.61. The molecule has 3 rings (SSSR count). The lowest BCUT2D eigenvalue weighted by atomic mass is 9.71. The first kappa shape index (κ1) is 14.5. The molecule has 0 radical (unpaired) electrons. The molecule has 1 aromatic rings. The zero-order chi connectivity index (χ0) is 14.7. The number of hydrogen-bond acceptors (Lipinski definition) is 3. The largest absolute Gasteiger partial charge is 0.355 e. The van der Waals surface area contributed by atoms with Crippen LogP contribution in [0, 0.1) is 0 Å². The lowest BCUT2D eigenvalue weighted by Gasteiger charge is -2.36. The first-order chi connectivity index (χ1) is 10.2. The standard InChI is InChI=1S/C17H25N3O/c1-17(9-4-6-13-5-2-3-7-15(13)17)12-18-16(21)11-14-8-10-19-20-14/h2-3,5,7,14,19-20H,4,6,8-12H2,1H3,(H,18,21). The summed E-state index contributed by atoms with van der Waals surface area (Å²) in [6.07, 6.45) is 5.10. The molecule has 4 nitrogen and oxygen atoms in total. The van der Waals surface area contributed by atoms with Gasteiger partial charge in [0.05, 0.1) is 0 Å². The van der Waals surface area contributed by atoms with Crippen molar-refractivity contribution in [1.29, 1.82) is 0 Å². The maximum atomic E-state index is 12.1. The van der Waals surface area contributed by atoms with Crippen LogP contribution in [0.2, 0.25) is 0 Å². The van der Waals surface area contributed by atoms with E-state index in [0.717, 1.165) is 32.4 Å². The summed E-state index contributed by atoms with van der Waals surface area (Å²) >= 11 is 0. The number of benzene rings is 1. The minimum absolute atomic E-state index is 0.0753. The van der Waals surface area contributed by atoms with Gasteiger partial charge in [0.15, 0.2) is 0 Å². The molecule has 0 aromatic heterocycles. The van der Waals surface area contributed by atoms with E-state index in [2.05, 4.69) is 47.4 Å². The molecule has 1 heterocycles. The predicted molar refractivity (Wildman–Crippen MR) is 83.9 cm³/mol. The third kappa shape index (κ3) is 3.27. The van der Waals surface area contributed by atoms with Crippen molar-refractivity contribution in [2.24, 2.45) is 0 Å². The number of aryl methyl sites for hydroxylation is 1. The highest BCUT2D eigenvalue weighted by Gasteiger charge is 2.32. The third-order valence-corrected chi connectivity index (χ3v) is 4.87. The summed E-state index contributed by atoms with van der Waals surface area (Å²) in [4.78, 5) is 12.1. The minimum Gasteiger partial charge on any atom is -0.355 e. The van der Waals surface area contributed by atoms with Crippen LogP contribution in [0.3, 0.4) is 0 Å². The normalized spacial score (nSPS) is 28.1. The van der Waals surface area contributed by atoms with E-state index in [0.29, 0.717) is 6.42 Å². The van der Waals surface area contributed by atoms with Crippen molar-refractivity contribution < 1.29 is 4.79 Å². The lowest BCUT2D eigenvalue weighted by Crippen LogP contribution is -2.42. The molecular weight excluding hydrogens is 262 g/mol. The van der Waals surface area contributed by atoms with Crippen molar-refractivity contribution in [3.8, 4) is 0 Å². The van der Waals surface area contributed by atoms with Crippen molar-refractivity contribution in [1.82, 2.24) is 16.2 Å². The highest BCUT2D eigenvalue weighted by molar-refractivity contribution is 5.76. The van der Waals surface area contributed by atoms with Gasteiger partial charge in [0.2, 0.25) is 5.91 Å². The Kier molecular flexibility index (Phi) is 4.27. The van der Waals surface area contributed by atoms with E-state index in [4.69, 9.17) is 0 Å². The van der Waals surface area contributed by atoms with Gasteiger partial charge in [0.25, 0.3) is 0 Å². The highest BCUT2D eigenvalue weighted by atomic mass is 16.1. The van der Waals surface area contributed by atoms with Crippen molar-refractivity contribution in [3.63, 3.8) is 0 Å². The van der Waals surface area contributed by atoms with Crippen LogP contribution in [-0.2, 0) is 16.6 Å². The molecule has 1 aliphatic carbocycles. The van der Waals surface area contributed by atoms with Gasteiger partial charge >= 0.3 is 0 Å². The molecule has 3 N–H and O–H groups in total. The van der Waals surface area contributed by atoms with Gasteiger partial charge in [-0.2, -0.15) is 0 Å². The summed E-state index contributed by atoms with van der Waals surface area (Å²) in [5.74, 6) is 0.153. The molecule has 1 aliphatic heterocycles. The summed E-state index contributed by atoms with van der Waals surface area (Å²) in [7, 11) is 0. The van der Waals surface area contributed by atoms with Crippen LogP contribution < -0.4 is 16.2 Å². The fourth-order valence-corrected chi connectivity index (χ4v) is 3.59. The summed E-state index contributed by atoms with van der Waals surface area (Å²) in [5, 5.41) is 3.15. The average molecular weight is 287 g/mol. The maximum absolute atomic E-state index is 12.1. The number of carbonyl (C=O) groups excluding carboxylic acids is 1. The van der Waals surface area contributed by atoms with Crippen LogP contribution in [0.15, 0.2) is 24.3 Å². The molecular formula is C17H25N3O. The number of carbonyl (C=O) groups is 1. The Hall–Kier alpha value is -1.39. The number of nitrogens with one attached hydrogen (secondary N) is 3. The Bertz CT molecular complexity index is 511. The van der Waals surface area contributed by atoms with Gasteiger partial charge in [-0.05, 0) is 36.8 Å². The van der Waals surface area contributed by atoms with Crippen molar-refractivity contribution >= 4 is 5.91 Å². The Morgan fingerprint density at radius 3 is 3.10 bits per heavy atom. The van der Waals surface area contributed by atoms with Gasteiger partial charge in [-0.1, -0.05) is 31.2 Å². The zero-order valence-electron chi connectivity index (χ0n) is 12.7. The number of hydrogen-bond donors (Lipinski definition) is 3. The second kappa shape index (κ2) is 6.16. The molecule has 1 fully saturated rings. The Morgan fingerprint density at radius 1 is 1.43 bits per heavy atom. The van der Waals surface area contributed by atoms with Gasteiger partial charge in [-0.3, -0.25) is 15.6 Å². The van der Waals surface area contributed by atoms with Crippen molar-refractivity contribution in [2.45, 2.75) is 50.5 Å². The smallest absolute Gasteiger partial charge is 0.221 e. The van der Waals surface area contributed by atoms with Crippen LogP contribution in [0.1, 0.15) is 43.7 Å². The summed E-state index contributed by atoms with van der Waals surface area (Å²) < 4.78 is 0. The first-order valence-electron chi connectivity index (χ1n) is 8.01. The highest BCUT2D eigenvalue weighted by Crippen LogP contribution is 2.36. The molecule has 1 aromatic carbocycles. The molecule has 0 bridgehead atoms. The van der Waals surface area contributed by atoms with Crippen LogP contribution in [0.4, 0.5) is 0 Å². The summed E-state index contributed by atoms with van der Waals surface area (Å²) in [5.41, 5.74) is 9.15. The third-order valence-electron chi connectivity index (χ3n) is 4.87. The van der Waals surface area contributed by atoms with Gasteiger partial charge in [0, 0.05) is 31.0 Å². The Labute approximate surface area is 126 Å².